The summed E-state index contributed by atoms with van der Waals surface area (Å²) in [5, 5.41) is 11.5. The summed E-state index contributed by atoms with van der Waals surface area (Å²) in [4.78, 5) is 22.9. The van der Waals surface area contributed by atoms with E-state index in [1.807, 2.05) is 13.8 Å². The number of amides is 1. The number of hydrogen-bond acceptors (Lipinski definition) is 5. The Bertz CT molecular complexity index is 743. The van der Waals surface area contributed by atoms with Crippen LogP contribution in [0.2, 0.25) is 0 Å². The summed E-state index contributed by atoms with van der Waals surface area (Å²) >= 11 is 0. The van der Waals surface area contributed by atoms with Crippen LogP contribution in [0.1, 0.15) is 34.6 Å². The molecule has 24 heavy (non-hydrogen) atoms. The van der Waals surface area contributed by atoms with E-state index >= 15 is 0 Å². The predicted molar refractivity (Wildman–Crippen MR) is 76.2 cm³/mol. The molecule has 0 heterocycles. The zero-order valence-corrected chi connectivity index (χ0v) is 13.4. The Morgan fingerprint density at radius 2 is 1.88 bits per heavy atom. The molecule has 0 spiro atoms. The van der Waals surface area contributed by atoms with Crippen molar-refractivity contribution < 1.29 is 40.5 Å². The number of benzene rings is 1. The summed E-state index contributed by atoms with van der Waals surface area (Å²) in [5.41, 5.74) is -6.76. The molecule has 0 aliphatic carbocycles. The first-order valence-electron chi connectivity index (χ1n) is 6.51. The maximum absolute atomic E-state index is 12.3. The van der Waals surface area contributed by atoms with Gasteiger partial charge in [0, 0.05) is 12.1 Å². The van der Waals surface area contributed by atoms with Crippen LogP contribution < -0.4 is 9.50 Å². The Labute approximate surface area is 135 Å². The summed E-state index contributed by atoms with van der Waals surface area (Å²) in [6, 6.07) is 2.37. The third-order valence-electron chi connectivity index (χ3n) is 2.63. The van der Waals surface area contributed by atoms with Gasteiger partial charge in [-0.15, -0.1) is 0 Å². The predicted octanol–water partition coefficient (Wildman–Crippen LogP) is 2.00. The van der Waals surface area contributed by atoms with Crippen molar-refractivity contribution in [2.24, 2.45) is 5.92 Å². The first kappa shape index (κ1) is 19.7. The molecule has 0 saturated carbocycles. The average molecular weight is 369 g/mol. The summed E-state index contributed by atoms with van der Waals surface area (Å²) in [5.74, 6) is -3.33. The normalized spacial score (nSPS) is 12.1. The molecule has 1 aromatic rings. The van der Waals surface area contributed by atoms with E-state index < -0.39 is 38.8 Å². The van der Waals surface area contributed by atoms with Crippen molar-refractivity contribution in [2.75, 3.05) is 6.54 Å². The van der Waals surface area contributed by atoms with Crippen LogP contribution in [-0.2, 0) is 10.1 Å². The lowest BCUT2D eigenvalue weighted by molar-refractivity contribution is -0.0500. The fourth-order valence-corrected chi connectivity index (χ4v) is 1.95. The first-order valence-corrected chi connectivity index (χ1v) is 7.92. The van der Waals surface area contributed by atoms with Crippen LogP contribution in [0.4, 0.5) is 13.2 Å². The van der Waals surface area contributed by atoms with Crippen LogP contribution >= 0.6 is 0 Å². The Balaban J connectivity index is 3.18. The monoisotopic (exact) mass is 369 g/mol. The van der Waals surface area contributed by atoms with Gasteiger partial charge in [0.15, 0.2) is 5.75 Å². The topological polar surface area (TPSA) is 110 Å². The number of carboxylic acids is 1. The van der Waals surface area contributed by atoms with Crippen LogP contribution in [0.25, 0.3) is 0 Å². The molecule has 1 aromatic carbocycles. The van der Waals surface area contributed by atoms with Crippen molar-refractivity contribution in [3.63, 3.8) is 0 Å². The summed E-state index contributed by atoms with van der Waals surface area (Å²) in [6.45, 7) is 3.94. The van der Waals surface area contributed by atoms with Crippen molar-refractivity contribution in [2.45, 2.75) is 19.4 Å². The molecule has 0 aromatic heterocycles. The van der Waals surface area contributed by atoms with Crippen molar-refractivity contribution in [3.8, 4) is 5.75 Å². The quantitative estimate of drug-likeness (QED) is 0.586. The minimum absolute atomic E-state index is 0.118. The molecule has 0 aliphatic rings. The largest absolute Gasteiger partial charge is 0.534 e. The number of carbonyl (C=O) groups is 2. The molecule has 1 amide bonds. The third-order valence-corrected chi connectivity index (χ3v) is 3.59. The maximum Gasteiger partial charge on any atom is 0.534 e. The van der Waals surface area contributed by atoms with E-state index in [1.54, 1.807) is 0 Å². The highest BCUT2D eigenvalue weighted by Gasteiger charge is 2.49. The lowest BCUT2D eigenvalue weighted by Gasteiger charge is -2.13. The van der Waals surface area contributed by atoms with E-state index in [-0.39, 0.29) is 11.5 Å². The van der Waals surface area contributed by atoms with E-state index in [4.69, 9.17) is 5.11 Å². The van der Waals surface area contributed by atoms with E-state index in [0.717, 1.165) is 12.1 Å². The van der Waals surface area contributed by atoms with Crippen molar-refractivity contribution in [1.29, 1.82) is 0 Å². The standard InChI is InChI=1S/C13H14F3NO6S/c1-7(2)6-17-11(18)8-3-4-10(9(5-8)12(19)20)23-24(21,22)13(14,15)16/h3-5,7H,6H2,1-2H3,(H,17,18)(H,19,20). The van der Waals surface area contributed by atoms with Gasteiger partial charge < -0.3 is 14.6 Å². The maximum atomic E-state index is 12.3. The molecule has 134 valence electrons. The third kappa shape index (κ3) is 4.85. The van der Waals surface area contributed by atoms with Gasteiger partial charge in [0.05, 0.1) is 0 Å². The molecule has 2 N–H and O–H groups in total. The zero-order chi connectivity index (χ0) is 18.7. The first-order chi connectivity index (χ1) is 10.8. The van der Waals surface area contributed by atoms with Gasteiger partial charge in [-0.25, -0.2) is 4.79 Å². The van der Waals surface area contributed by atoms with Crippen LogP contribution in [0.3, 0.4) is 0 Å². The number of nitrogens with one attached hydrogen (secondary N) is 1. The second kappa shape index (κ2) is 7.07. The van der Waals surface area contributed by atoms with Gasteiger partial charge in [-0.1, -0.05) is 13.8 Å². The zero-order valence-electron chi connectivity index (χ0n) is 12.5. The van der Waals surface area contributed by atoms with Crippen molar-refractivity contribution in [1.82, 2.24) is 5.32 Å². The molecular weight excluding hydrogens is 355 g/mol. The smallest absolute Gasteiger partial charge is 0.478 e. The molecule has 11 heteroatoms. The van der Waals surface area contributed by atoms with Gasteiger partial charge >= 0.3 is 21.6 Å². The van der Waals surface area contributed by atoms with Gasteiger partial charge in [-0.05, 0) is 24.1 Å². The average Bonchev–Trinajstić information content (AvgIpc) is 2.43. The molecule has 0 atom stereocenters. The van der Waals surface area contributed by atoms with Crippen molar-refractivity contribution in [3.05, 3.63) is 29.3 Å². The Morgan fingerprint density at radius 1 is 1.29 bits per heavy atom. The Hall–Kier alpha value is -2.30. The minimum atomic E-state index is -6.03. The molecule has 0 fully saturated rings. The van der Waals surface area contributed by atoms with E-state index in [1.165, 1.54) is 0 Å². The number of halogens is 3. The summed E-state index contributed by atoms with van der Waals surface area (Å²) in [6.07, 6.45) is 0. The van der Waals surface area contributed by atoms with Crippen LogP contribution in [0, 0.1) is 5.92 Å². The number of carboxylic acid groups (broad SMARTS) is 1. The van der Waals surface area contributed by atoms with Gasteiger partial charge in [-0.2, -0.15) is 21.6 Å². The molecule has 1 rings (SSSR count). The fourth-order valence-electron chi connectivity index (χ4n) is 1.48. The highest BCUT2D eigenvalue weighted by molar-refractivity contribution is 7.88. The van der Waals surface area contributed by atoms with Crippen LogP contribution in [0.15, 0.2) is 18.2 Å². The minimum Gasteiger partial charge on any atom is -0.478 e. The molecule has 0 radical (unpaired) electrons. The summed E-state index contributed by atoms with van der Waals surface area (Å²) < 4.78 is 62.7. The van der Waals surface area contributed by atoms with Gasteiger partial charge in [-0.3, -0.25) is 4.79 Å². The van der Waals surface area contributed by atoms with Crippen molar-refractivity contribution >= 4 is 22.0 Å². The van der Waals surface area contributed by atoms with Gasteiger partial charge in [0.2, 0.25) is 0 Å². The Kier molecular flexibility index (Phi) is 5.82. The molecule has 0 aliphatic heterocycles. The van der Waals surface area contributed by atoms with E-state index in [2.05, 4.69) is 9.50 Å². The van der Waals surface area contributed by atoms with E-state index in [0.29, 0.717) is 12.6 Å². The highest BCUT2D eigenvalue weighted by Crippen LogP contribution is 2.29. The van der Waals surface area contributed by atoms with Crippen LogP contribution in [-0.4, -0.2) is 37.5 Å². The molecule has 0 saturated heterocycles. The second-order valence-corrected chi connectivity index (χ2v) is 6.64. The Morgan fingerprint density at radius 3 is 2.33 bits per heavy atom. The van der Waals surface area contributed by atoms with E-state index in [9.17, 15) is 31.2 Å². The highest BCUT2D eigenvalue weighted by atomic mass is 32.2. The number of carbonyl (C=O) groups excluding carboxylic acids is 1. The SMILES string of the molecule is CC(C)CNC(=O)c1ccc(OS(=O)(=O)C(F)(F)F)c(C(=O)O)c1. The van der Waals surface area contributed by atoms with Gasteiger partial charge in [0.25, 0.3) is 5.91 Å². The molecular formula is C13H14F3NO6S. The summed E-state index contributed by atoms with van der Waals surface area (Å²) in [7, 11) is -6.03. The number of aromatic carboxylic acids is 1. The van der Waals surface area contributed by atoms with Gasteiger partial charge in [0.1, 0.15) is 5.56 Å². The molecule has 7 nitrogen and oxygen atoms in total. The number of rotatable bonds is 6. The molecule has 0 unspecified atom stereocenters. The number of hydrogen-bond donors (Lipinski definition) is 2. The molecule has 0 bridgehead atoms. The lowest BCUT2D eigenvalue weighted by Crippen LogP contribution is -2.29. The van der Waals surface area contributed by atoms with Crippen LogP contribution in [0.5, 0.6) is 5.75 Å². The lowest BCUT2D eigenvalue weighted by atomic mass is 10.1. The number of alkyl halides is 3. The second-order valence-electron chi connectivity index (χ2n) is 5.10. The fraction of sp³-hybridized carbons (Fsp3) is 0.385.